The summed E-state index contributed by atoms with van der Waals surface area (Å²) in [6, 6.07) is 3.95. The van der Waals surface area contributed by atoms with Crippen LogP contribution in [0.25, 0.3) is 0 Å². The Morgan fingerprint density at radius 2 is 2.00 bits per heavy atom. The van der Waals surface area contributed by atoms with Crippen molar-refractivity contribution in [2.75, 3.05) is 25.0 Å². The first-order chi connectivity index (χ1) is 8.92. The highest BCUT2D eigenvalue weighted by atomic mass is 79.9. The lowest BCUT2D eigenvalue weighted by atomic mass is 10.0. The van der Waals surface area contributed by atoms with Gasteiger partial charge < -0.3 is 5.32 Å². The van der Waals surface area contributed by atoms with Gasteiger partial charge in [-0.1, -0.05) is 0 Å². The molecule has 1 aliphatic heterocycles. The Bertz CT molecular complexity index is 400. The van der Waals surface area contributed by atoms with E-state index in [2.05, 4.69) is 26.2 Å². The Hall–Kier alpha value is -0.820. The Morgan fingerprint density at radius 1 is 1.32 bits per heavy atom. The third kappa shape index (κ3) is 4.99. The molecule has 1 aliphatic rings. The monoisotopic (exact) mass is 337 g/mol. The average Bonchev–Trinajstić information content (AvgIpc) is 2.33. The normalized spacial score (nSPS) is 18.5. The zero-order valence-electron chi connectivity index (χ0n) is 10.3. The van der Waals surface area contributed by atoms with Gasteiger partial charge in [0.25, 0.3) is 0 Å². The molecule has 1 aromatic rings. The summed E-state index contributed by atoms with van der Waals surface area (Å²) < 4.78 is 37.5. The predicted molar refractivity (Wildman–Crippen MR) is 71.1 cm³/mol. The highest BCUT2D eigenvalue weighted by molar-refractivity contribution is 9.10. The van der Waals surface area contributed by atoms with Gasteiger partial charge in [0.2, 0.25) is 0 Å². The van der Waals surface area contributed by atoms with E-state index in [-0.39, 0.29) is 6.04 Å². The molecule has 2 rings (SSSR count). The maximum Gasteiger partial charge on any atom is 0.401 e. The molecule has 0 bridgehead atoms. The molecule has 0 amide bonds. The van der Waals surface area contributed by atoms with Gasteiger partial charge in [0, 0.05) is 19.1 Å². The van der Waals surface area contributed by atoms with Crippen molar-refractivity contribution in [2.24, 2.45) is 0 Å². The molecule has 0 radical (unpaired) electrons. The van der Waals surface area contributed by atoms with Gasteiger partial charge in [0.15, 0.2) is 0 Å². The standard InChI is InChI=1S/C12H15BrF3N3/c13-11-2-1-10(7-17-11)18-9-3-5-19(6-4-9)8-12(14,15)16/h1-2,7,9,18H,3-6,8H2. The number of hydrogen-bond donors (Lipinski definition) is 1. The summed E-state index contributed by atoms with van der Waals surface area (Å²) >= 11 is 3.25. The molecule has 1 fully saturated rings. The average molecular weight is 338 g/mol. The third-order valence-electron chi connectivity index (χ3n) is 3.09. The van der Waals surface area contributed by atoms with Crippen LogP contribution in [-0.4, -0.2) is 41.7 Å². The first-order valence-corrected chi connectivity index (χ1v) is 6.89. The Balaban J connectivity index is 1.79. The van der Waals surface area contributed by atoms with Crippen molar-refractivity contribution in [2.45, 2.75) is 25.1 Å². The molecule has 1 aromatic heterocycles. The number of likely N-dealkylation sites (tertiary alicyclic amines) is 1. The summed E-state index contributed by atoms with van der Waals surface area (Å²) in [4.78, 5) is 5.56. The van der Waals surface area contributed by atoms with E-state index in [1.54, 1.807) is 6.20 Å². The summed E-state index contributed by atoms with van der Waals surface area (Å²) in [5.74, 6) is 0. The quantitative estimate of drug-likeness (QED) is 0.858. The molecule has 106 valence electrons. The summed E-state index contributed by atoms with van der Waals surface area (Å²) in [6.07, 6.45) is -0.958. The molecule has 0 aliphatic carbocycles. The zero-order chi connectivity index (χ0) is 13.9. The number of anilines is 1. The lowest BCUT2D eigenvalue weighted by Gasteiger charge is -2.33. The molecule has 3 nitrogen and oxygen atoms in total. The van der Waals surface area contributed by atoms with Crippen LogP contribution in [0.5, 0.6) is 0 Å². The van der Waals surface area contributed by atoms with Crippen LogP contribution in [0.3, 0.4) is 0 Å². The predicted octanol–water partition coefficient (Wildman–Crippen LogP) is 3.28. The van der Waals surface area contributed by atoms with Crippen LogP contribution < -0.4 is 5.32 Å². The molecule has 0 spiro atoms. The van der Waals surface area contributed by atoms with Crippen molar-refractivity contribution in [3.8, 4) is 0 Å². The van der Waals surface area contributed by atoms with Crippen molar-refractivity contribution < 1.29 is 13.2 Å². The van der Waals surface area contributed by atoms with Gasteiger partial charge in [0.05, 0.1) is 18.4 Å². The van der Waals surface area contributed by atoms with Gasteiger partial charge >= 0.3 is 6.18 Å². The minimum atomic E-state index is -4.10. The van der Waals surface area contributed by atoms with E-state index >= 15 is 0 Å². The molecule has 0 unspecified atom stereocenters. The van der Waals surface area contributed by atoms with Gasteiger partial charge in [-0.2, -0.15) is 13.2 Å². The summed E-state index contributed by atoms with van der Waals surface area (Å²) in [5, 5.41) is 3.30. The minimum Gasteiger partial charge on any atom is -0.381 e. The Labute approximate surface area is 118 Å². The molecule has 0 aromatic carbocycles. The van der Waals surface area contributed by atoms with Gasteiger partial charge in [-0.05, 0) is 40.9 Å². The Morgan fingerprint density at radius 3 is 2.53 bits per heavy atom. The SMILES string of the molecule is FC(F)(F)CN1CCC(Nc2ccc(Br)nc2)CC1. The van der Waals surface area contributed by atoms with E-state index in [9.17, 15) is 13.2 Å². The highest BCUT2D eigenvalue weighted by Crippen LogP contribution is 2.21. The fourth-order valence-corrected chi connectivity index (χ4v) is 2.42. The first kappa shape index (κ1) is 14.6. The fraction of sp³-hybridized carbons (Fsp3) is 0.583. The number of nitrogens with one attached hydrogen (secondary N) is 1. The van der Waals surface area contributed by atoms with Crippen molar-refractivity contribution in [3.05, 3.63) is 22.9 Å². The van der Waals surface area contributed by atoms with Crippen LogP contribution >= 0.6 is 15.9 Å². The molecular formula is C12H15BrF3N3. The maximum atomic E-state index is 12.3. The van der Waals surface area contributed by atoms with Crippen LogP contribution in [0.4, 0.5) is 18.9 Å². The summed E-state index contributed by atoms with van der Waals surface area (Å²) in [7, 11) is 0. The minimum absolute atomic E-state index is 0.215. The summed E-state index contributed by atoms with van der Waals surface area (Å²) in [6.45, 7) is 0.141. The molecule has 7 heteroatoms. The number of hydrogen-bond acceptors (Lipinski definition) is 3. The molecule has 1 saturated heterocycles. The summed E-state index contributed by atoms with van der Waals surface area (Å²) in [5.41, 5.74) is 0.900. The molecule has 19 heavy (non-hydrogen) atoms. The second-order valence-corrected chi connectivity index (χ2v) is 5.49. The molecule has 0 atom stereocenters. The van der Waals surface area contributed by atoms with E-state index in [4.69, 9.17) is 0 Å². The first-order valence-electron chi connectivity index (χ1n) is 6.09. The van der Waals surface area contributed by atoms with Crippen LogP contribution in [0.1, 0.15) is 12.8 Å². The van der Waals surface area contributed by atoms with Crippen molar-refractivity contribution >= 4 is 21.6 Å². The largest absolute Gasteiger partial charge is 0.401 e. The number of nitrogens with zero attached hydrogens (tertiary/aromatic N) is 2. The number of aromatic nitrogens is 1. The van der Waals surface area contributed by atoms with Crippen LogP contribution in [0, 0.1) is 0 Å². The van der Waals surface area contributed by atoms with Crippen LogP contribution in [0.15, 0.2) is 22.9 Å². The number of pyridine rings is 1. The molecule has 1 N–H and O–H groups in total. The maximum absolute atomic E-state index is 12.3. The van der Waals surface area contributed by atoms with Crippen LogP contribution in [0.2, 0.25) is 0 Å². The topological polar surface area (TPSA) is 28.2 Å². The molecule has 2 heterocycles. The lowest BCUT2D eigenvalue weighted by molar-refractivity contribution is -0.147. The van der Waals surface area contributed by atoms with E-state index in [1.807, 2.05) is 12.1 Å². The van der Waals surface area contributed by atoms with Crippen molar-refractivity contribution in [3.63, 3.8) is 0 Å². The van der Waals surface area contributed by atoms with Crippen LogP contribution in [-0.2, 0) is 0 Å². The number of alkyl halides is 3. The van der Waals surface area contributed by atoms with E-state index in [0.29, 0.717) is 25.9 Å². The van der Waals surface area contributed by atoms with Gasteiger partial charge in [0.1, 0.15) is 4.60 Å². The number of halogens is 4. The van der Waals surface area contributed by atoms with Gasteiger partial charge in [-0.3, -0.25) is 4.90 Å². The van der Waals surface area contributed by atoms with Gasteiger partial charge in [-0.15, -0.1) is 0 Å². The smallest absolute Gasteiger partial charge is 0.381 e. The Kier molecular flexibility index (Phi) is 4.67. The fourth-order valence-electron chi connectivity index (χ4n) is 2.19. The van der Waals surface area contributed by atoms with Crippen molar-refractivity contribution in [1.29, 1.82) is 0 Å². The second kappa shape index (κ2) is 6.09. The zero-order valence-corrected chi connectivity index (χ0v) is 11.8. The number of rotatable bonds is 3. The highest BCUT2D eigenvalue weighted by Gasteiger charge is 2.32. The van der Waals surface area contributed by atoms with Crippen molar-refractivity contribution in [1.82, 2.24) is 9.88 Å². The molecular weight excluding hydrogens is 323 g/mol. The third-order valence-corrected chi connectivity index (χ3v) is 3.56. The van der Waals surface area contributed by atoms with E-state index in [1.165, 1.54) is 4.90 Å². The van der Waals surface area contributed by atoms with Gasteiger partial charge in [-0.25, -0.2) is 4.98 Å². The van der Waals surface area contributed by atoms with E-state index in [0.717, 1.165) is 10.3 Å². The second-order valence-electron chi connectivity index (χ2n) is 4.68. The number of piperidine rings is 1. The van der Waals surface area contributed by atoms with E-state index < -0.39 is 12.7 Å². The lowest BCUT2D eigenvalue weighted by Crippen LogP contribution is -2.43. The molecule has 0 saturated carbocycles.